The minimum Gasteiger partial charge on any atom is -0.326 e. The standard InChI is InChI=1S/C13H15N3O2S/c1-14-13-16(2)12(18)10(19-13)8-11(17)15-9-6-4-3-5-7-9/h3-7,10H,8H2,1-2H3,(H,15,17)/t10-/m0/s1. The fourth-order valence-corrected chi connectivity index (χ4v) is 2.90. The average Bonchev–Trinajstić information content (AvgIpc) is 2.67. The number of amides is 2. The maximum absolute atomic E-state index is 11.9. The summed E-state index contributed by atoms with van der Waals surface area (Å²) in [5.74, 6) is -0.239. The number of nitrogens with one attached hydrogen (secondary N) is 1. The molecular weight excluding hydrogens is 262 g/mol. The van der Waals surface area contributed by atoms with E-state index in [0.29, 0.717) is 5.17 Å². The first kappa shape index (κ1) is 13.6. The van der Waals surface area contributed by atoms with Gasteiger partial charge in [-0.1, -0.05) is 30.0 Å². The van der Waals surface area contributed by atoms with E-state index in [2.05, 4.69) is 10.3 Å². The lowest BCUT2D eigenvalue weighted by molar-refractivity contribution is -0.127. The Morgan fingerprint density at radius 3 is 2.68 bits per heavy atom. The highest BCUT2D eigenvalue weighted by Crippen LogP contribution is 2.28. The molecule has 1 aliphatic rings. The van der Waals surface area contributed by atoms with Gasteiger partial charge < -0.3 is 5.32 Å². The monoisotopic (exact) mass is 277 g/mol. The summed E-state index contributed by atoms with van der Waals surface area (Å²) in [5, 5.41) is 3.05. The number of carbonyl (C=O) groups excluding carboxylic acids is 2. The van der Waals surface area contributed by atoms with Gasteiger partial charge in [-0.05, 0) is 12.1 Å². The Morgan fingerprint density at radius 2 is 2.11 bits per heavy atom. The van der Waals surface area contributed by atoms with Gasteiger partial charge in [-0.3, -0.25) is 19.5 Å². The highest BCUT2D eigenvalue weighted by Gasteiger charge is 2.36. The molecule has 0 aliphatic carbocycles. The summed E-state index contributed by atoms with van der Waals surface area (Å²) in [6.07, 6.45) is 0.155. The molecule has 100 valence electrons. The average molecular weight is 277 g/mol. The summed E-state index contributed by atoms with van der Waals surface area (Å²) in [7, 11) is 3.31. The number of aliphatic imine (C=N–C) groups is 1. The van der Waals surface area contributed by atoms with Crippen LogP contribution in [0, 0.1) is 0 Å². The topological polar surface area (TPSA) is 61.8 Å². The molecule has 0 bridgehead atoms. The Labute approximate surface area is 116 Å². The molecule has 0 aromatic heterocycles. The zero-order valence-electron chi connectivity index (χ0n) is 10.8. The Hall–Kier alpha value is -1.82. The zero-order valence-corrected chi connectivity index (χ0v) is 11.6. The Bertz CT molecular complexity index is 516. The van der Waals surface area contributed by atoms with Gasteiger partial charge >= 0.3 is 0 Å². The summed E-state index contributed by atoms with van der Waals surface area (Å²) in [4.78, 5) is 29.3. The van der Waals surface area contributed by atoms with Crippen molar-refractivity contribution in [3.05, 3.63) is 30.3 Å². The van der Waals surface area contributed by atoms with Crippen molar-refractivity contribution in [2.75, 3.05) is 19.4 Å². The maximum atomic E-state index is 11.9. The van der Waals surface area contributed by atoms with Crippen molar-refractivity contribution in [1.29, 1.82) is 0 Å². The summed E-state index contributed by atoms with van der Waals surface area (Å²) < 4.78 is 0. The van der Waals surface area contributed by atoms with Crippen molar-refractivity contribution in [3.63, 3.8) is 0 Å². The molecule has 2 rings (SSSR count). The first-order chi connectivity index (χ1) is 9.11. The lowest BCUT2D eigenvalue weighted by atomic mass is 10.2. The third kappa shape index (κ3) is 3.14. The van der Waals surface area contributed by atoms with Gasteiger partial charge in [-0.25, -0.2) is 0 Å². The van der Waals surface area contributed by atoms with Gasteiger partial charge in [0.25, 0.3) is 0 Å². The number of amidine groups is 1. The van der Waals surface area contributed by atoms with Crippen LogP contribution in [0.1, 0.15) is 6.42 Å². The lowest BCUT2D eigenvalue weighted by Crippen LogP contribution is -2.30. The van der Waals surface area contributed by atoms with Gasteiger partial charge in [0.2, 0.25) is 11.8 Å². The predicted octanol–water partition coefficient (Wildman–Crippen LogP) is 1.57. The number of hydrogen-bond donors (Lipinski definition) is 1. The molecule has 1 atom stereocenters. The van der Waals surface area contributed by atoms with Crippen LogP contribution in [0.5, 0.6) is 0 Å². The van der Waals surface area contributed by atoms with Crippen molar-refractivity contribution < 1.29 is 9.59 Å². The van der Waals surface area contributed by atoms with Gasteiger partial charge in [0.05, 0.1) is 0 Å². The molecule has 2 amide bonds. The molecule has 6 heteroatoms. The molecule has 0 saturated carbocycles. The van der Waals surface area contributed by atoms with Gasteiger partial charge in [-0.15, -0.1) is 0 Å². The molecule has 0 radical (unpaired) electrons. The zero-order chi connectivity index (χ0) is 13.8. The summed E-state index contributed by atoms with van der Waals surface area (Å²) in [5.41, 5.74) is 0.737. The molecule has 1 aromatic rings. The number of nitrogens with zero attached hydrogens (tertiary/aromatic N) is 2. The molecule has 1 fully saturated rings. The van der Waals surface area contributed by atoms with Crippen LogP contribution in [0.3, 0.4) is 0 Å². The molecule has 1 heterocycles. The normalized spacial score (nSPS) is 20.9. The van der Waals surface area contributed by atoms with E-state index >= 15 is 0 Å². The van der Waals surface area contributed by atoms with Crippen molar-refractivity contribution in [1.82, 2.24) is 4.90 Å². The van der Waals surface area contributed by atoms with E-state index in [0.717, 1.165) is 5.69 Å². The Balaban J connectivity index is 1.95. The molecule has 1 saturated heterocycles. The van der Waals surface area contributed by atoms with Crippen LogP contribution in [-0.2, 0) is 9.59 Å². The lowest BCUT2D eigenvalue weighted by Gasteiger charge is -2.09. The molecule has 19 heavy (non-hydrogen) atoms. The molecule has 5 nitrogen and oxygen atoms in total. The minimum absolute atomic E-state index is 0.0752. The van der Waals surface area contributed by atoms with E-state index in [4.69, 9.17) is 0 Å². The maximum Gasteiger partial charge on any atom is 0.242 e. The van der Waals surface area contributed by atoms with Crippen LogP contribution in [-0.4, -0.2) is 41.2 Å². The van der Waals surface area contributed by atoms with Crippen LogP contribution >= 0.6 is 11.8 Å². The SMILES string of the molecule is CN=C1S[C@@H](CC(=O)Nc2ccccc2)C(=O)N1C. The van der Waals surface area contributed by atoms with E-state index < -0.39 is 0 Å². The highest BCUT2D eigenvalue weighted by molar-refractivity contribution is 8.15. The first-order valence-corrected chi connectivity index (χ1v) is 6.75. The first-order valence-electron chi connectivity index (χ1n) is 5.87. The van der Waals surface area contributed by atoms with Crippen molar-refractivity contribution in [3.8, 4) is 0 Å². The van der Waals surface area contributed by atoms with E-state index in [9.17, 15) is 9.59 Å². The molecular formula is C13H15N3O2S. The quantitative estimate of drug-likeness (QED) is 0.912. The number of thioether (sulfide) groups is 1. The second kappa shape index (κ2) is 5.88. The number of hydrogen-bond acceptors (Lipinski definition) is 4. The highest BCUT2D eigenvalue weighted by atomic mass is 32.2. The second-order valence-corrected chi connectivity index (χ2v) is 5.30. The van der Waals surface area contributed by atoms with Crippen molar-refractivity contribution in [2.45, 2.75) is 11.7 Å². The van der Waals surface area contributed by atoms with Gasteiger partial charge in [0.1, 0.15) is 5.25 Å². The number of rotatable bonds is 3. The van der Waals surface area contributed by atoms with Crippen LogP contribution in [0.15, 0.2) is 35.3 Å². The largest absolute Gasteiger partial charge is 0.326 e. The van der Waals surface area contributed by atoms with E-state index in [-0.39, 0.29) is 23.5 Å². The van der Waals surface area contributed by atoms with Crippen molar-refractivity contribution >= 4 is 34.4 Å². The number of benzene rings is 1. The predicted molar refractivity (Wildman–Crippen MR) is 77.2 cm³/mol. The number of para-hydroxylation sites is 1. The fourth-order valence-electron chi connectivity index (χ4n) is 1.80. The van der Waals surface area contributed by atoms with E-state index in [1.165, 1.54) is 16.7 Å². The van der Waals surface area contributed by atoms with Crippen molar-refractivity contribution in [2.24, 2.45) is 4.99 Å². The fraction of sp³-hybridized carbons (Fsp3) is 0.308. The van der Waals surface area contributed by atoms with E-state index in [1.54, 1.807) is 14.1 Å². The van der Waals surface area contributed by atoms with Gasteiger partial charge in [0.15, 0.2) is 5.17 Å². The van der Waals surface area contributed by atoms with Crippen LogP contribution in [0.2, 0.25) is 0 Å². The molecule has 0 unspecified atom stereocenters. The van der Waals surface area contributed by atoms with E-state index in [1.807, 2.05) is 30.3 Å². The van der Waals surface area contributed by atoms with Gasteiger partial charge in [0, 0.05) is 26.2 Å². The second-order valence-electron chi connectivity index (χ2n) is 4.13. The Kier molecular flexibility index (Phi) is 4.21. The van der Waals surface area contributed by atoms with Crippen LogP contribution in [0.4, 0.5) is 5.69 Å². The third-order valence-electron chi connectivity index (χ3n) is 2.76. The summed E-state index contributed by atoms with van der Waals surface area (Å²) in [6, 6.07) is 9.20. The molecule has 1 N–H and O–H groups in total. The minimum atomic E-state index is -0.382. The molecule has 1 aromatic carbocycles. The Morgan fingerprint density at radius 1 is 1.42 bits per heavy atom. The molecule has 0 spiro atoms. The number of carbonyl (C=O) groups is 2. The van der Waals surface area contributed by atoms with Crippen LogP contribution in [0.25, 0.3) is 0 Å². The molecule has 1 aliphatic heterocycles. The number of anilines is 1. The summed E-state index contributed by atoms with van der Waals surface area (Å²) >= 11 is 1.33. The van der Waals surface area contributed by atoms with Gasteiger partial charge in [-0.2, -0.15) is 0 Å². The summed E-state index contributed by atoms with van der Waals surface area (Å²) in [6.45, 7) is 0. The smallest absolute Gasteiger partial charge is 0.242 e. The van der Waals surface area contributed by atoms with Crippen LogP contribution < -0.4 is 5.32 Å². The third-order valence-corrected chi connectivity index (χ3v) is 4.08.